The van der Waals surface area contributed by atoms with Gasteiger partial charge in [-0.3, -0.25) is 4.79 Å². The third kappa shape index (κ3) is 9.43. The molecule has 1 amide bonds. The van der Waals surface area contributed by atoms with Gasteiger partial charge in [0.15, 0.2) is 12.3 Å². The van der Waals surface area contributed by atoms with Crippen LogP contribution in [0.5, 0.6) is 11.5 Å². The highest BCUT2D eigenvalue weighted by Crippen LogP contribution is 2.33. The van der Waals surface area contributed by atoms with Crippen molar-refractivity contribution in [2.75, 3.05) is 34.0 Å². The Balaban J connectivity index is 1.91. The van der Waals surface area contributed by atoms with Gasteiger partial charge in [0.1, 0.15) is 40.1 Å². The molecule has 10 nitrogen and oxygen atoms in total. The van der Waals surface area contributed by atoms with Crippen LogP contribution in [0.3, 0.4) is 0 Å². The van der Waals surface area contributed by atoms with Gasteiger partial charge in [-0.2, -0.15) is 23.7 Å². The van der Waals surface area contributed by atoms with Crippen molar-refractivity contribution in [3.05, 3.63) is 74.7 Å². The number of esters is 1. The first kappa shape index (κ1) is 32.8. The maximum absolute atomic E-state index is 13.8. The zero-order valence-electron chi connectivity index (χ0n) is 23.3. The Morgan fingerprint density at radius 1 is 1.07 bits per heavy atom. The minimum absolute atomic E-state index is 0.0267. The van der Waals surface area contributed by atoms with Crippen molar-refractivity contribution >= 4 is 23.2 Å². The number of thiazole rings is 1. The number of hydrogen-bond donors (Lipinski definition) is 0. The van der Waals surface area contributed by atoms with Crippen LogP contribution in [0.25, 0.3) is 0 Å². The Kier molecular flexibility index (Phi) is 11.9. The average molecular weight is 617 g/mol. The molecule has 0 fully saturated rings. The number of aromatic nitrogens is 1. The van der Waals surface area contributed by atoms with Crippen LogP contribution in [-0.4, -0.2) is 61.9 Å². The molecular weight excluding hydrogens is 589 g/mol. The molecule has 0 spiro atoms. The Morgan fingerprint density at radius 2 is 1.74 bits per heavy atom. The highest BCUT2D eigenvalue weighted by molar-refractivity contribution is 7.12. The maximum atomic E-state index is 13.8. The van der Waals surface area contributed by atoms with Crippen LogP contribution >= 0.6 is 11.3 Å². The summed E-state index contributed by atoms with van der Waals surface area (Å²) in [5.74, 6) is -1.22. The van der Waals surface area contributed by atoms with Crippen LogP contribution in [0.2, 0.25) is 0 Å². The normalized spacial score (nSPS) is 10.9. The SMILES string of the molecule is COc1cc(C(=O)N(CCCc2ccccc2)Cc2nc(C(=O)OCC#N)c(C#N)s2)cc(OC)c1COCC(F)(F)F. The lowest BCUT2D eigenvalue weighted by Gasteiger charge is -2.23. The average Bonchev–Trinajstić information content (AvgIpc) is 3.41. The monoisotopic (exact) mass is 616 g/mol. The van der Waals surface area contributed by atoms with E-state index in [4.69, 9.17) is 24.2 Å². The Morgan fingerprint density at radius 3 is 2.33 bits per heavy atom. The van der Waals surface area contributed by atoms with Crippen LogP contribution in [0.15, 0.2) is 42.5 Å². The van der Waals surface area contributed by atoms with Gasteiger partial charge in [-0.05, 0) is 30.5 Å². The molecule has 0 radical (unpaired) electrons. The molecule has 0 bridgehead atoms. The number of nitriles is 2. The molecule has 0 aliphatic carbocycles. The van der Waals surface area contributed by atoms with Gasteiger partial charge < -0.3 is 23.8 Å². The quantitative estimate of drug-likeness (QED) is 0.228. The predicted molar refractivity (Wildman–Crippen MR) is 147 cm³/mol. The van der Waals surface area contributed by atoms with Crippen molar-refractivity contribution in [3.8, 4) is 23.6 Å². The van der Waals surface area contributed by atoms with Crippen LogP contribution in [0, 0.1) is 22.7 Å². The summed E-state index contributed by atoms with van der Waals surface area (Å²) in [6, 6.07) is 16.0. The summed E-state index contributed by atoms with van der Waals surface area (Å²) in [5, 5.41) is 18.5. The van der Waals surface area contributed by atoms with Crippen molar-refractivity contribution in [3.63, 3.8) is 0 Å². The van der Waals surface area contributed by atoms with Gasteiger partial charge in [-0.1, -0.05) is 30.3 Å². The van der Waals surface area contributed by atoms with Crippen LogP contribution < -0.4 is 9.47 Å². The molecule has 0 aliphatic rings. The summed E-state index contributed by atoms with van der Waals surface area (Å²) in [6.07, 6.45) is -3.31. The molecular formula is C29H27F3N4O6S. The largest absolute Gasteiger partial charge is 0.496 e. The number of ether oxygens (including phenoxy) is 4. The van der Waals surface area contributed by atoms with E-state index in [1.165, 1.54) is 31.3 Å². The number of nitrogens with zero attached hydrogens (tertiary/aromatic N) is 4. The number of alkyl halides is 3. The van der Waals surface area contributed by atoms with Gasteiger partial charge in [0.05, 0.1) is 32.9 Å². The minimum atomic E-state index is -4.52. The summed E-state index contributed by atoms with van der Waals surface area (Å²) >= 11 is 0.913. The number of halogens is 3. The van der Waals surface area contributed by atoms with Crippen LogP contribution in [-0.2, 0) is 29.0 Å². The lowest BCUT2D eigenvalue weighted by Crippen LogP contribution is -2.32. The summed E-state index contributed by atoms with van der Waals surface area (Å²) < 4.78 is 58.2. The number of methoxy groups -OCH3 is 2. The topological polar surface area (TPSA) is 135 Å². The number of carbonyl (C=O) groups is 2. The Bertz CT molecular complexity index is 1470. The third-order valence-electron chi connectivity index (χ3n) is 5.95. The van der Waals surface area contributed by atoms with Gasteiger partial charge in [-0.15, -0.1) is 11.3 Å². The van der Waals surface area contributed by atoms with Crippen molar-refractivity contribution < 1.29 is 41.7 Å². The van der Waals surface area contributed by atoms with Crippen molar-refractivity contribution in [2.24, 2.45) is 0 Å². The number of hydrogen-bond acceptors (Lipinski definition) is 10. The predicted octanol–water partition coefficient (Wildman–Crippen LogP) is 5.07. The number of amides is 1. The van der Waals surface area contributed by atoms with Gasteiger partial charge in [0.2, 0.25) is 0 Å². The molecule has 3 rings (SSSR count). The highest BCUT2D eigenvalue weighted by Gasteiger charge is 2.29. The van der Waals surface area contributed by atoms with E-state index >= 15 is 0 Å². The zero-order chi connectivity index (χ0) is 31.4. The van der Waals surface area contributed by atoms with E-state index in [-0.39, 0.29) is 51.3 Å². The molecule has 43 heavy (non-hydrogen) atoms. The number of carbonyl (C=O) groups excluding carboxylic acids is 2. The third-order valence-corrected chi connectivity index (χ3v) is 6.90. The molecule has 0 aliphatic heterocycles. The first-order chi connectivity index (χ1) is 20.6. The van der Waals surface area contributed by atoms with Crippen LogP contribution in [0.1, 0.15) is 48.3 Å². The van der Waals surface area contributed by atoms with E-state index in [2.05, 4.69) is 4.98 Å². The molecule has 14 heteroatoms. The fourth-order valence-corrected chi connectivity index (χ4v) is 4.91. The molecule has 0 unspecified atom stereocenters. The van der Waals surface area contributed by atoms with Crippen molar-refractivity contribution in [2.45, 2.75) is 32.2 Å². The van der Waals surface area contributed by atoms with Gasteiger partial charge >= 0.3 is 12.1 Å². The molecule has 0 saturated heterocycles. The molecule has 226 valence electrons. The van der Waals surface area contributed by atoms with E-state index in [9.17, 15) is 28.0 Å². The summed E-state index contributed by atoms with van der Waals surface area (Å²) in [6.45, 7) is -2.27. The lowest BCUT2D eigenvalue weighted by atomic mass is 10.1. The zero-order valence-corrected chi connectivity index (χ0v) is 24.1. The molecule has 2 aromatic carbocycles. The number of rotatable bonds is 14. The number of benzene rings is 2. The van der Waals surface area contributed by atoms with E-state index < -0.39 is 37.9 Å². The molecule has 0 atom stereocenters. The highest BCUT2D eigenvalue weighted by atomic mass is 32.1. The second-order valence-corrected chi connectivity index (χ2v) is 10.00. The van der Waals surface area contributed by atoms with Crippen molar-refractivity contribution in [1.29, 1.82) is 10.5 Å². The lowest BCUT2D eigenvalue weighted by molar-refractivity contribution is -0.176. The molecule has 3 aromatic rings. The molecule has 1 heterocycles. The fourth-order valence-electron chi connectivity index (χ4n) is 4.05. The minimum Gasteiger partial charge on any atom is -0.496 e. The van der Waals surface area contributed by atoms with E-state index in [0.717, 1.165) is 16.9 Å². The smallest absolute Gasteiger partial charge is 0.411 e. The first-order valence-corrected chi connectivity index (χ1v) is 13.6. The second-order valence-electron chi connectivity index (χ2n) is 8.91. The van der Waals surface area contributed by atoms with Gasteiger partial charge in [0, 0.05) is 12.1 Å². The standard InChI is InChI=1S/C29H27F3N4O6S/c1-39-22-13-20(14-23(40-2)21(22)17-41-18-29(30,31)32)27(37)36(11-6-9-19-7-4-3-5-8-19)16-25-35-26(24(15-34)43-25)28(38)42-12-10-33/h3-5,7-8,13-14H,6,9,11-12,16-18H2,1-2H3. The fraction of sp³-hybridized carbons (Fsp3) is 0.345. The summed E-state index contributed by atoms with van der Waals surface area (Å²) in [7, 11) is 2.61. The molecule has 1 aromatic heterocycles. The Hall–Kier alpha value is -4.66. The van der Waals surface area contributed by atoms with Gasteiger partial charge in [-0.25, -0.2) is 9.78 Å². The Labute approximate surface area is 249 Å². The maximum Gasteiger partial charge on any atom is 0.411 e. The summed E-state index contributed by atoms with van der Waals surface area (Å²) in [4.78, 5) is 31.8. The van der Waals surface area contributed by atoms with E-state index in [0.29, 0.717) is 12.8 Å². The molecule has 0 saturated carbocycles. The first-order valence-electron chi connectivity index (χ1n) is 12.8. The molecule has 0 N–H and O–H groups in total. The van der Waals surface area contributed by atoms with Crippen LogP contribution in [0.4, 0.5) is 13.2 Å². The summed E-state index contributed by atoms with van der Waals surface area (Å²) in [5.41, 5.74) is 1.13. The van der Waals surface area contributed by atoms with E-state index in [1.807, 2.05) is 36.4 Å². The second kappa shape index (κ2) is 15.5. The van der Waals surface area contributed by atoms with Gasteiger partial charge in [0.25, 0.3) is 5.91 Å². The van der Waals surface area contributed by atoms with Crippen molar-refractivity contribution in [1.82, 2.24) is 9.88 Å². The van der Waals surface area contributed by atoms with E-state index in [1.54, 1.807) is 6.07 Å². The number of aryl methyl sites for hydroxylation is 1.